The summed E-state index contributed by atoms with van der Waals surface area (Å²) in [6.07, 6.45) is 4.01. The Morgan fingerprint density at radius 3 is 3.06 bits per heavy atom. The van der Waals surface area contributed by atoms with Crippen LogP contribution in [0.2, 0.25) is 0 Å². The summed E-state index contributed by atoms with van der Waals surface area (Å²) in [5, 5.41) is 6.01. The molecule has 0 aliphatic carbocycles. The van der Waals surface area contributed by atoms with E-state index in [2.05, 4.69) is 20.6 Å². The average molecular weight is 435 g/mol. The van der Waals surface area contributed by atoms with Crippen molar-refractivity contribution in [1.82, 2.24) is 15.5 Å². The SMILES string of the molecule is O=C1NCc2cc(F)ccc2C2=CNC(=NCc3c(F)ccc4c3CCO4)N3C=NC1C23. The first-order chi connectivity index (χ1) is 15.6. The summed E-state index contributed by atoms with van der Waals surface area (Å²) in [5.74, 6) is 0.254. The van der Waals surface area contributed by atoms with E-state index in [0.717, 1.165) is 16.7 Å². The first-order valence-electron chi connectivity index (χ1n) is 10.4. The smallest absolute Gasteiger partial charge is 0.247 e. The number of hydrogen-bond acceptors (Lipinski definition) is 4. The molecule has 0 bridgehead atoms. The van der Waals surface area contributed by atoms with Crippen LogP contribution in [0.25, 0.3) is 5.57 Å². The Kier molecular flexibility index (Phi) is 4.24. The van der Waals surface area contributed by atoms with Gasteiger partial charge in [-0.15, -0.1) is 0 Å². The lowest BCUT2D eigenvalue weighted by Crippen LogP contribution is -2.54. The van der Waals surface area contributed by atoms with Crippen molar-refractivity contribution in [2.45, 2.75) is 31.6 Å². The molecule has 0 radical (unpaired) electrons. The molecule has 0 spiro atoms. The van der Waals surface area contributed by atoms with Crippen LogP contribution in [0.5, 0.6) is 5.75 Å². The first kappa shape index (κ1) is 19.0. The zero-order chi connectivity index (χ0) is 21.8. The molecule has 9 heteroatoms. The molecule has 4 aliphatic heterocycles. The number of aliphatic imine (C=N–C) groups is 2. The largest absolute Gasteiger partial charge is 0.493 e. The van der Waals surface area contributed by atoms with E-state index >= 15 is 0 Å². The predicted octanol–water partition coefficient (Wildman–Crippen LogP) is 2.11. The van der Waals surface area contributed by atoms with Crippen LogP contribution in [0.1, 0.15) is 22.3 Å². The molecule has 2 atom stereocenters. The van der Waals surface area contributed by atoms with Crippen molar-refractivity contribution in [3.8, 4) is 5.75 Å². The van der Waals surface area contributed by atoms with Gasteiger partial charge in [0.2, 0.25) is 11.9 Å². The summed E-state index contributed by atoms with van der Waals surface area (Å²) in [6.45, 7) is 0.882. The van der Waals surface area contributed by atoms with Crippen LogP contribution in [0, 0.1) is 11.6 Å². The summed E-state index contributed by atoms with van der Waals surface area (Å²) in [5.41, 5.74) is 3.71. The lowest BCUT2D eigenvalue weighted by Gasteiger charge is -2.36. The Morgan fingerprint density at radius 1 is 1.25 bits per heavy atom. The maximum Gasteiger partial charge on any atom is 0.247 e. The third-order valence-electron chi connectivity index (χ3n) is 6.30. The van der Waals surface area contributed by atoms with Gasteiger partial charge in [0, 0.05) is 35.9 Å². The average Bonchev–Trinajstić information content (AvgIpc) is 3.44. The third-order valence-corrected chi connectivity index (χ3v) is 6.30. The molecule has 2 aromatic carbocycles. The topological polar surface area (TPSA) is 78.3 Å². The van der Waals surface area contributed by atoms with E-state index in [9.17, 15) is 13.6 Å². The van der Waals surface area contributed by atoms with Gasteiger partial charge in [-0.2, -0.15) is 0 Å². The fourth-order valence-electron chi connectivity index (χ4n) is 4.75. The zero-order valence-electron chi connectivity index (χ0n) is 16.9. The number of ether oxygens (including phenoxy) is 1. The Balaban J connectivity index is 1.39. The van der Waals surface area contributed by atoms with Gasteiger partial charge in [-0.3, -0.25) is 14.7 Å². The number of fused-ring (bicyclic) bond motifs is 3. The molecule has 0 saturated heterocycles. The molecule has 162 valence electrons. The predicted molar refractivity (Wildman–Crippen MR) is 114 cm³/mol. The standard InChI is InChI=1S/C23H19F2N5O2/c24-13-1-2-14-12(7-13)8-26-22(31)20-21-17(14)10-28-23(30(21)11-29-20)27-9-16-15-5-6-32-19(15)4-3-18(16)25/h1-4,7,10-11,20-21H,5-6,8-9H2,(H,26,31)(H,27,28). The van der Waals surface area contributed by atoms with Crippen LogP contribution < -0.4 is 15.4 Å². The molecule has 7 nitrogen and oxygen atoms in total. The van der Waals surface area contributed by atoms with Crippen LogP contribution in [0.4, 0.5) is 8.78 Å². The van der Waals surface area contributed by atoms with Crippen LogP contribution in [-0.4, -0.2) is 41.8 Å². The molecular formula is C23H19F2N5O2. The van der Waals surface area contributed by atoms with Gasteiger partial charge in [0.05, 0.1) is 25.5 Å². The number of carbonyl (C=O) groups is 1. The van der Waals surface area contributed by atoms with Crippen LogP contribution >= 0.6 is 0 Å². The highest BCUT2D eigenvalue weighted by Crippen LogP contribution is 2.35. The van der Waals surface area contributed by atoms with E-state index in [1.165, 1.54) is 18.2 Å². The van der Waals surface area contributed by atoms with Crippen molar-refractivity contribution in [2.75, 3.05) is 6.61 Å². The Morgan fingerprint density at radius 2 is 2.16 bits per heavy atom. The summed E-state index contributed by atoms with van der Waals surface area (Å²) in [4.78, 5) is 23.6. The number of nitrogens with one attached hydrogen (secondary N) is 2. The quantitative estimate of drug-likeness (QED) is 0.758. The molecule has 4 heterocycles. The highest BCUT2D eigenvalue weighted by Gasteiger charge is 2.44. The second-order valence-corrected chi connectivity index (χ2v) is 8.07. The minimum atomic E-state index is -0.655. The lowest BCUT2D eigenvalue weighted by molar-refractivity contribution is -0.122. The van der Waals surface area contributed by atoms with Gasteiger partial charge in [0.25, 0.3) is 0 Å². The molecule has 1 amide bonds. The van der Waals surface area contributed by atoms with E-state index < -0.39 is 12.1 Å². The summed E-state index contributed by atoms with van der Waals surface area (Å²) >= 11 is 0. The zero-order valence-corrected chi connectivity index (χ0v) is 16.9. The monoisotopic (exact) mass is 435 g/mol. The maximum atomic E-state index is 14.5. The molecule has 32 heavy (non-hydrogen) atoms. The summed E-state index contributed by atoms with van der Waals surface area (Å²) < 4.78 is 33.9. The molecule has 0 fully saturated rings. The second kappa shape index (κ2) is 7.15. The lowest BCUT2D eigenvalue weighted by atomic mass is 9.88. The van der Waals surface area contributed by atoms with Crippen molar-refractivity contribution in [2.24, 2.45) is 9.98 Å². The van der Waals surface area contributed by atoms with Gasteiger partial charge < -0.3 is 15.4 Å². The minimum Gasteiger partial charge on any atom is -0.493 e. The third kappa shape index (κ3) is 2.88. The molecule has 6 rings (SSSR count). The summed E-state index contributed by atoms with van der Waals surface area (Å²) in [6, 6.07) is 6.52. The van der Waals surface area contributed by atoms with E-state index in [4.69, 9.17) is 4.74 Å². The van der Waals surface area contributed by atoms with E-state index in [1.807, 2.05) is 0 Å². The number of benzene rings is 2. The maximum absolute atomic E-state index is 14.5. The van der Waals surface area contributed by atoms with Crippen molar-refractivity contribution in [1.29, 1.82) is 0 Å². The van der Waals surface area contributed by atoms with Crippen LogP contribution in [0.15, 0.2) is 46.5 Å². The number of guanidine groups is 1. The van der Waals surface area contributed by atoms with Crippen molar-refractivity contribution in [3.63, 3.8) is 0 Å². The van der Waals surface area contributed by atoms with Crippen molar-refractivity contribution in [3.05, 3.63) is 70.4 Å². The van der Waals surface area contributed by atoms with E-state index in [-0.39, 0.29) is 30.6 Å². The normalized spacial score (nSPS) is 23.9. The van der Waals surface area contributed by atoms with Crippen LogP contribution in [-0.2, 0) is 24.3 Å². The van der Waals surface area contributed by atoms with Gasteiger partial charge in [0.15, 0.2) is 6.04 Å². The summed E-state index contributed by atoms with van der Waals surface area (Å²) in [7, 11) is 0. The van der Waals surface area contributed by atoms with Gasteiger partial charge in [-0.25, -0.2) is 13.8 Å². The van der Waals surface area contributed by atoms with E-state index in [0.29, 0.717) is 35.9 Å². The Labute approximate surface area is 182 Å². The Bertz CT molecular complexity index is 1240. The Hall–Kier alpha value is -3.75. The highest BCUT2D eigenvalue weighted by molar-refractivity contribution is 6.03. The van der Waals surface area contributed by atoms with Crippen molar-refractivity contribution < 1.29 is 18.3 Å². The fourth-order valence-corrected chi connectivity index (χ4v) is 4.75. The van der Waals surface area contributed by atoms with Gasteiger partial charge in [-0.1, -0.05) is 6.07 Å². The van der Waals surface area contributed by atoms with Gasteiger partial charge in [-0.05, 0) is 35.4 Å². The minimum absolute atomic E-state index is 0.125. The van der Waals surface area contributed by atoms with Gasteiger partial charge >= 0.3 is 0 Å². The fraction of sp³-hybridized carbons (Fsp3) is 0.261. The van der Waals surface area contributed by atoms with Crippen molar-refractivity contribution >= 4 is 23.8 Å². The molecular weight excluding hydrogens is 416 g/mol. The molecule has 4 aliphatic rings. The molecule has 2 aromatic rings. The first-order valence-corrected chi connectivity index (χ1v) is 10.4. The molecule has 2 unspecified atom stereocenters. The van der Waals surface area contributed by atoms with Gasteiger partial charge in [0.1, 0.15) is 17.4 Å². The second-order valence-electron chi connectivity index (χ2n) is 8.07. The number of nitrogens with zero attached hydrogens (tertiary/aromatic N) is 3. The van der Waals surface area contributed by atoms with E-state index in [1.54, 1.807) is 29.6 Å². The highest BCUT2D eigenvalue weighted by atomic mass is 19.1. The number of amides is 1. The molecule has 0 saturated carbocycles. The number of hydrogen-bond donors (Lipinski definition) is 2. The number of rotatable bonds is 2. The molecule has 2 N–H and O–H groups in total. The number of halogens is 2. The van der Waals surface area contributed by atoms with Crippen LogP contribution in [0.3, 0.4) is 0 Å². The number of carbonyl (C=O) groups excluding carboxylic acids is 1. The molecule has 0 aromatic heterocycles.